The van der Waals surface area contributed by atoms with Gasteiger partial charge in [0.05, 0.1) is 11.0 Å². The number of imidazole rings is 1. The van der Waals surface area contributed by atoms with Crippen molar-refractivity contribution in [2.45, 2.75) is 32.3 Å². The largest absolute Gasteiger partial charge is 0.441 e. The van der Waals surface area contributed by atoms with E-state index < -0.39 is 0 Å². The number of nitrogens with zero attached hydrogens (tertiary/aromatic N) is 2. The first-order valence-electron chi connectivity index (χ1n) is 7.97. The van der Waals surface area contributed by atoms with Crippen LogP contribution in [0.5, 0.6) is 0 Å². The number of hydrogen-bond donors (Lipinski definition) is 0. The van der Waals surface area contributed by atoms with Gasteiger partial charge in [-0.05, 0) is 30.5 Å². The van der Waals surface area contributed by atoms with Gasteiger partial charge in [0.1, 0.15) is 12.4 Å². The van der Waals surface area contributed by atoms with Crippen LogP contribution in [0.1, 0.15) is 37.9 Å². The molecular formula is C19H20N2O2. The number of rotatable bonds is 5. The zero-order valence-electron chi connectivity index (χ0n) is 13.2. The summed E-state index contributed by atoms with van der Waals surface area (Å²) in [4.78, 5) is 16.8. The van der Waals surface area contributed by atoms with E-state index in [9.17, 15) is 4.79 Å². The van der Waals surface area contributed by atoms with Crippen LogP contribution in [0.25, 0.3) is 11.0 Å². The molecule has 4 nitrogen and oxygen atoms in total. The third-order valence-electron chi connectivity index (χ3n) is 3.88. The minimum absolute atomic E-state index is 0.232. The summed E-state index contributed by atoms with van der Waals surface area (Å²) < 4.78 is 7.24. The lowest BCUT2D eigenvalue weighted by Crippen LogP contribution is -2.17. The fraction of sp³-hybridized carbons (Fsp3) is 0.263. The SMILES string of the molecule is CCCCC(OC(=O)n1cnc2ccccc21)c1ccccc1. The first-order chi connectivity index (χ1) is 11.3. The molecule has 3 rings (SSSR count). The number of aromatic nitrogens is 2. The maximum Gasteiger partial charge on any atom is 0.420 e. The molecule has 2 aromatic carbocycles. The zero-order chi connectivity index (χ0) is 16.1. The highest BCUT2D eigenvalue weighted by molar-refractivity contribution is 5.86. The fourth-order valence-corrected chi connectivity index (χ4v) is 2.63. The first kappa shape index (κ1) is 15.3. The second-order valence-electron chi connectivity index (χ2n) is 5.53. The molecule has 1 atom stereocenters. The number of para-hydroxylation sites is 2. The summed E-state index contributed by atoms with van der Waals surface area (Å²) in [7, 11) is 0. The standard InChI is InChI=1S/C19H20N2O2/c1-2-3-13-18(15-9-5-4-6-10-15)23-19(22)21-14-20-16-11-7-8-12-17(16)21/h4-12,14,18H,2-3,13H2,1H3. The minimum Gasteiger partial charge on any atom is -0.441 e. The minimum atomic E-state index is -0.386. The van der Waals surface area contributed by atoms with Gasteiger partial charge in [0, 0.05) is 0 Å². The van der Waals surface area contributed by atoms with Crippen LogP contribution in [-0.2, 0) is 4.74 Å². The van der Waals surface area contributed by atoms with E-state index in [0.717, 1.165) is 35.9 Å². The molecular weight excluding hydrogens is 288 g/mol. The van der Waals surface area contributed by atoms with Gasteiger partial charge in [0.25, 0.3) is 0 Å². The quantitative estimate of drug-likeness (QED) is 0.669. The van der Waals surface area contributed by atoms with E-state index in [1.54, 1.807) is 0 Å². The van der Waals surface area contributed by atoms with Crippen molar-refractivity contribution in [3.05, 3.63) is 66.5 Å². The lowest BCUT2D eigenvalue weighted by Gasteiger charge is -2.18. The van der Waals surface area contributed by atoms with Crippen LogP contribution in [-0.4, -0.2) is 15.6 Å². The highest BCUT2D eigenvalue weighted by Gasteiger charge is 2.18. The number of unbranched alkanes of at least 4 members (excludes halogenated alkanes) is 1. The Morgan fingerprint density at radius 1 is 1.13 bits per heavy atom. The fourth-order valence-electron chi connectivity index (χ4n) is 2.63. The summed E-state index contributed by atoms with van der Waals surface area (Å²) in [5.74, 6) is 0. The molecule has 0 saturated heterocycles. The molecule has 0 aliphatic rings. The monoisotopic (exact) mass is 308 g/mol. The third-order valence-corrected chi connectivity index (χ3v) is 3.88. The van der Waals surface area contributed by atoms with Crippen molar-refractivity contribution in [3.63, 3.8) is 0 Å². The summed E-state index contributed by atoms with van der Waals surface area (Å²) in [5, 5.41) is 0. The molecule has 0 amide bonds. The van der Waals surface area contributed by atoms with Crippen LogP contribution in [0.4, 0.5) is 4.79 Å². The molecule has 0 N–H and O–H groups in total. The average molecular weight is 308 g/mol. The zero-order valence-corrected chi connectivity index (χ0v) is 13.2. The molecule has 0 aliphatic heterocycles. The van der Waals surface area contributed by atoms with Gasteiger partial charge in [-0.15, -0.1) is 0 Å². The van der Waals surface area contributed by atoms with Gasteiger partial charge in [-0.1, -0.05) is 55.8 Å². The second-order valence-corrected chi connectivity index (χ2v) is 5.53. The molecule has 1 unspecified atom stereocenters. The van der Waals surface area contributed by atoms with E-state index in [4.69, 9.17) is 4.74 Å². The summed E-state index contributed by atoms with van der Waals surface area (Å²) in [6.45, 7) is 2.13. The maximum atomic E-state index is 12.6. The Bertz CT molecular complexity index is 780. The Hall–Kier alpha value is -2.62. The molecule has 0 fully saturated rings. The second kappa shape index (κ2) is 7.09. The average Bonchev–Trinajstić information content (AvgIpc) is 3.03. The van der Waals surface area contributed by atoms with Gasteiger partial charge in [0.15, 0.2) is 0 Å². The van der Waals surface area contributed by atoms with Gasteiger partial charge in [-0.3, -0.25) is 0 Å². The van der Waals surface area contributed by atoms with Crippen LogP contribution in [0, 0.1) is 0 Å². The Balaban J connectivity index is 1.83. The van der Waals surface area contributed by atoms with Crippen molar-refractivity contribution in [1.82, 2.24) is 9.55 Å². The molecule has 0 aliphatic carbocycles. The van der Waals surface area contributed by atoms with Crippen molar-refractivity contribution >= 4 is 17.1 Å². The van der Waals surface area contributed by atoms with Crippen molar-refractivity contribution in [2.75, 3.05) is 0 Å². The van der Waals surface area contributed by atoms with Crippen LogP contribution in [0.2, 0.25) is 0 Å². The maximum absolute atomic E-state index is 12.6. The Kier molecular flexibility index (Phi) is 4.71. The van der Waals surface area contributed by atoms with Gasteiger partial charge in [-0.2, -0.15) is 0 Å². The molecule has 1 aromatic heterocycles. The first-order valence-corrected chi connectivity index (χ1v) is 7.97. The van der Waals surface area contributed by atoms with E-state index in [1.807, 2.05) is 54.6 Å². The lowest BCUT2D eigenvalue weighted by molar-refractivity contribution is 0.0931. The van der Waals surface area contributed by atoms with E-state index in [0.29, 0.717) is 0 Å². The summed E-state index contributed by atoms with van der Waals surface area (Å²) in [6.07, 6.45) is 3.80. The number of carbonyl (C=O) groups is 1. The molecule has 0 spiro atoms. The van der Waals surface area contributed by atoms with Crippen LogP contribution < -0.4 is 0 Å². The normalized spacial score (nSPS) is 12.2. The predicted molar refractivity (Wildman–Crippen MR) is 90.3 cm³/mol. The number of fused-ring (bicyclic) bond motifs is 1. The van der Waals surface area contributed by atoms with E-state index in [1.165, 1.54) is 10.9 Å². The molecule has 23 heavy (non-hydrogen) atoms. The Labute approximate surface area is 135 Å². The van der Waals surface area contributed by atoms with Crippen LogP contribution in [0.15, 0.2) is 60.9 Å². The van der Waals surface area contributed by atoms with E-state index in [2.05, 4.69) is 11.9 Å². The topological polar surface area (TPSA) is 44.1 Å². The predicted octanol–water partition coefficient (Wildman–Crippen LogP) is 4.95. The van der Waals surface area contributed by atoms with Gasteiger partial charge in [-0.25, -0.2) is 14.3 Å². The van der Waals surface area contributed by atoms with Crippen LogP contribution in [0.3, 0.4) is 0 Å². The van der Waals surface area contributed by atoms with Crippen molar-refractivity contribution in [3.8, 4) is 0 Å². The summed E-state index contributed by atoms with van der Waals surface area (Å²) >= 11 is 0. The van der Waals surface area contributed by atoms with Crippen molar-refractivity contribution in [2.24, 2.45) is 0 Å². The molecule has 0 radical (unpaired) electrons. The van der Waals surface area contributed by atoms with Gasteiger partial charge < -0.3 is 4.74 Å². The molecule has 0 saturated carbocycles. The van der Waals surface area contributed by atoms with Gasteiger partial charge in [0.2, 0.25) is 0 Å². The van der Waals surface area contributed by atoms with E-state index in [-0.39, 0.29) is 12.2 Å². The highest BCUT2D eigenvalue weighted by Crippen LogP contribution is 2.25. The third kappa shape index (κ3) is 3.42. The van der Waals surface area contributed by atoms with Crippen molar-refractivity contribution < 1.29 is 9.53 Å². The highest BCUT2D eigenvalue weighted by atomic mass is 16.6. The molecule has 1 heterocycles. The number of benzene rings is 2. The Morgan fingerprint density at radius 3 is 2.65 bits per heavy atom. The van der Waals surface area contributed by atoms with Gasteiger partial charge >= 0.3 is 6.09 Å². The molecule has 4 heteroatoms. The van der Waals surface area contributed by atoms with Crippen LogP contribution >= 0.6 is 0 Å². The van der Waals surface area contributed by atoms with E-state index >= 15 is 0 Å². The smallest absolute Gasteiger partial charge is 0.420 e. The molecule has 118 valence electrons. The Morgan fingerprint density at radius 2 is 1.87 bits per heavy atom. The number of hydrogen-bond acceptors (Lipinski definition) is 3. The summed E-state index contributed by atoms with van der Waals surface area (Å²) in [6, 6.07) is 17.4. The number of ether oxygens (including phenoxy) is 1. The molecule has 0 bridgehead atoms. The lowest BCUT2D eigenvalue weighted by atomic mass is 10.0. The number of carbonyl (C=O) groups excluding carboxylic acids is 1. The molecule has 3 aromatic rings. The summed E-state index contributed by atoms with van der Waals surface area (Å²) in [5.41, 5.74) is 2.58. The van der Waals surface area contributed by atoms with Crippen molar-refractivity contribution in [1.29, 1.82) is 0 Å².